The van der Waals surface area contributed by atoms with E-state index in [1.807, 2.05) is 22.6 Å². The number of amides is 1. The van der Waals surface area contributed by atoms with E-state index in [1.165, 1.54) is 19.1 Å². The van der Waals surface area contributed by atoms with Crippen LogP contribution < -0.4 is 4.31 Å². The molecule has 0 fully saturated rings. The molecular formula is C14H11BrINO3S. The Balaban J connectivity index is 2.60. The van der Waals surface area contributed by atoms with E-state index in [4.69, 9.17) is 0 Å². The normalized spacial score (nSPS) is 11.2. The summed E-state index contributed by atoms with van der Waals surface area (Å²) in [5.41, 5.74) is 0.355. The fraction of sp³-hybridized carbons (Fsp3) is 0.0714. The van der Waals surface area contributed by atoms with Crippen LogP contribution in [0.3, 0.4) is 0 Å². The third kappa shape index (κ3) is 3.46. The SMILES string of the molecule is CC(=O)N(c1ccccc1I)S(=O)(=O)c1ccc(Br)cc1. The number of benzene rings is 2. The standard InChI is InChI=1S/C14H11BrINO3S/c1-10(18)17(14-5-3-2-4-13(14)16)21(19,20)12-8-6-11(15)7-9-12/h2-9H,1H3. The molecule has 1 amide bonds. The maximum Gasteiger partial charge on any atom is 0.270 e. The zero-order chi connectivity index (χ0) is 15.6. The van der Waals surface area contributed by atoms with Gasteiger partial charge in [0, 0.05) is 15.0 Å². The minimum atomic E-state index is -3.93. The van der Waals surface area contributed by atoms with Gasteiger partial charge in [0.2, 0.25) is 5.91 Å². The van der Waals surface area contributed by atoms with E-state index >= 15 is 0 Å². The average molecular weight is 480 g/mol. The van der Waals surface area contributed by atoms with Gasteiger partial charge in [-0.1, -0.05) is 28.1 Å². The lowest BCUT2D eigenvalue weighted by Gasteiger charge is -2.22. The highest BCUT2D eigenvalue weighted by molar-refractivity contribution is 14.1. The molecule has 0 spiro atoms. The Morgan fingerprint density at radius 1 is 1.10 bits per heavy atom. The number of hydrogen-bond acceptors (Lipinski definition) is 3. The number of hydrogen-bond donors (Lipinski definition) is 0. The van der Waals surface area contributed by atoms with Crippen molar-refractivity contribution in [3.05, 3.63) is 56.6 Å². The van der Waals surface area contributed by atoms with Crippen molar-refractivity contribution in [2.75, 3.05) is 4.31 Å². The predicted octanol–water partition coefficient (Wildman–Crippen LogP) is 3.80. The van der Waals surface area contributed by atoms with Gasteiger partial charge in [-0.3, -0.25) is 4.79 Å². The topological polar surface area (TPSA) is 54.5 Å². The van der Waals surface area contributed by atoms with Gasteiger partial charge in [-0.25, -0.2) is 12.7 Å². The molecule has 0 aliphatic carbocycles. The number of sulfonamides is 1. The second-order valence-electron chi connectivity index (χ2n) is 4.19. The van der Waals surface area contributed by atoms with Crippen LogP contribution in [0.15, 0.2) is 57.9 Å². The summed E-state index contributed by atoms with van der Waals surface area (Å²) >= 11 is 5.27. The van der Waals surface area contributed by atoms with Crippen molar-refractivity contribution in [2.45, 2.75) is 11.8 Å². The van der Waals surface area contributed by atoms with Gasteiger partial charge >= 0.3 is 0 Å². The van der Waals surface area contributed by atoms with Gasteiger partial charge in [-0.15, -0.1) is 0 Å². The van der Waals surface area contributed by atoms with Crippen molar-refractivity contribution >= 4 is 60.1 Å². The molecule has 2 aromatic rings. The molecule has 0 aliphatic heterocycles. The molecule has 110 valence electrons. The van der Waals surface area contributed by atoms with Crippen molar-refractivity contribution in [1.82, 2.24) is 0 Å². The second-order valence-corrected chi connectivity index (χ2v) is 8.06. The van der Waals surface area contributed by atoms with E-state index in [2.05, 4.69) is 15.9 Å². The maximum atomic E-state index is 12.7. The molecule has 0 heterocycles. The summed E-state index contributed by atoms with van der Waals surface area (Å²) in [6.07, 6.45) is 0. The number of carbonyl (C=O) groups excluding carboxylic acids is 1. The number of nitrogens with zero attached hydrogens (tertiary/aromatic N) is 1. The first-order valence-corrected chi connectivity index (χ1v) is 9.21. The summed E-state index contributed by atoms with van der Waals surface area (Å²) in [5.74, 6) is -0.554. The first-order valence-electron chi connectivity index (χ1n) is 5.90. The van der Waals surface area contributed by atoms with Gasteiger partial charge in [-0.2, -0.15) is 0 Å². The summed E-state index contributed by atoms with van der Waals surface area (Å²) in [4.78, 5) is 12.0. The summed E-state index contributed by atoms with van der Waals surface area (Å²) in [5, 5.41) is 0. The molecule has 7 heteroatoms. The first kappa shape index (κ1) is 16.4. The quantitative estimate of drug-likeness (QED) is 0.629. The van der Waals surface area contributed by atoms with Crippen LogP contribution in [-0.4, -0.2) is 14.3 Å². The van der Waals surface area contributed by atoms with E-state index in [-0.39, 0.29) is 4.90 Å². The van der Waals surface area contributed by atoms with Gasteiger partial charge in [0.15, 0.2) is 0 Å². The van der Waals surface area contributed by atoms with Crippen molar-refractivity contribution in [1.29, 1.82) is 0 Å². The number of halogens is 2. The Bertz CT molecular complexity index is 775. The van der Waals surface area contributed by atoms with Gasteiger partial charge in [0.05, 0.1) is 10.6 Å². The lowest BCUT2D eigenvalue weighted by Crippen LogP contribution is -2.35. The molecule has 0 N–H and O–H groups in total. The smallest absolute Gasteiger partial charge is 0.270 e. The van der Waals surface area contributed by atoms with Crippen LogP contribution in [0.5, 0.6) is 0 Å². The maximum absolute atomic E-state index is 12.7. The molecule has 21 heavy (non-hydrogen) atoms. The summed E-state index contributed by atoms with van der Waals surface area (Å²) < 4.78 is 27.7. The number of carbonyl (C=O) groups is 1. The van der Waals surface area contributed by atoms with Crippen molar-refractivity contribution < 1.29 is 13.2 Å². The van der Waals surface area contributed by atoms with E-state index in [0.717, 1.165) is 8.78 Å². The van der Waals surface area contributed by atoms with Crippen LogP contribution in [0.4, 0.5) is 5.69 Å². The van der Waals surface area contributed by atoms with Gasteiger partial charge < -0.3 is 0 Å². The molecule has 0 saturated heterocycles. The Morgan fingerprint density at radius 3 is 2.19 bits per heavy atom. The summed E-state index contributed by atoms with van der Waals surface area (Å²) in [6.45, 7) is 1.24. The molecule has 0 unspecified atom stereocenters. The third-order valence-corrected chi connectivity index (χ3v) is 5.95. The molecule has 4 nitrogen and oxygen atoms in total. The lowest BCUT2D eigenvalue weighted by molar-refractivity contribution is -0.115. The van der Waals surface area contributed by atoms with Crippen molar-refractivity contribution in [3.8, 4) is 0 Å². The van der Waals surface area contributed by atoms with E-state index in [1.54, 1.807) is 36.4 Å². The molecule has 0 saturated carbocycles. The molecule has 0 aliphatic rings. The van der Waals surface area contributed by atoms with Crippen LogP contribution in [-0.2, 0) is 14.8 Å². The average Bonchev–Trinajstić information content (AvgIpc) is 2.41. The van der Waals surface area contributed by atoms with E-state index in [9.17, 15) is 13.2 Å². The van der Waals surface area contributed by atoms with Crippen LogP contribution in [0.25, 0.3) is 0 Å². The lowest BCUT2D eigenvalue weighted by atomic mass is 10.3. The number of para-hydroxylation sites is 1. The molecule has 2 aromatic carbocycles. The van der Waals surface area contributed by atoms with Gasteiger partial charge in [0.25, 0.3) is 10.0 Å². The number of rotatable bonds is 3. The molecule has 0 atom stereocenters. The highest BCUT2D eigenvalue weighted by Gasteiger charge is 2.29. The Labute approximate surface area is 145 Å². The highest BCUT2D eigenvalue weighted by atomic mass is 127. The number of anilines is 1. The first-order chi connectivity index (χ1) is 9.84. The minimum absolute atomic E-state index is 0.0700. The van der Waals surface area contributed by atoms with Crippen molar-refractivity contribution in [2.24, 2.45) is 0 Å². The van der Waals surface area contributed by atoms with Crippen LogP contribution in [0.2, 0.25) is 0 Å². The molecular weight excluding hydrogens is 469 g/mol. The van der Waals surface area contributed by atoms with Gasteiger partial charge in [-0.05, 0) is 59.0 Å². The Hall–Kier alpha value is -0.930. The van der Waals surface area contributed by atoms with Gasteiger partial charge in [0.1, 0.15) is 0 Å². The monoisotopic (exact) mass is 479 g/mol. The molecule has 0 aromatic heterocycles. The zero-order valence-electron chi connectivity index (χ0n) is 11.0. The van der Waals surface area contributed by atoms with E-state index < -0.39 is 15.9 Å². The minimum Gasteiger partial charge on any atom is -0.274 e. The molecule has 0 bridgehead atoms. The fourth-order valence-corrected chi connectivity index (χ4v) is 4.30. The molecule has 0 radical (unpaired) electrons. The Kier molecular flexibility index (Phi) is 5.05. The second kappa shape index (κ2) is 6.45. The Morgan fingerprint density at radius 2 is 1.67 bits per heavy atom. The largest absolute Gasteiger partial charge is 0.274 e. The summed E-state index contributed by atoms with van der Waals surface area (Å²) in [7, 11) is -3.93. The fourth-order valence-electron chi connectivity index (χ4n) is 1.80. The summed E-state index contributed by atoms with van der Waals surface area (Å²) in [6, 6.07) is 13.0. The zero-order valence-corrected chi connectivity index (χ0v) is 15.5. The van der Waals surface area contributed by atoms with Crippen LogP contribution >= 0.6 is 38.5 Å². The highest BCUT2D eigenvalue weighted by Crippen LogP contribution is 2.28. The van der Waals surface area contributed by atoms with Crippen LogP contribution in [0, 0.1) is 3.57 Å². The van der Waals surface area contributed by atoms with Crippen molar-refractivity contribution in [3.63, 3.8) is 0 Å². The van der Waals surface area contributed by atoms with Crippen LogP contribution in [0.1, 0.15) is 6.92 Å². The molecule has 2 rings (SSSR count). The third-order valence-electron chi connectivity index (χ3n) is 2.71. The predicted molar refractivity (Wildman–Crippen MR) is 93.6 cm³/mol. The van der Waals surface area contributed by atoms with E-state index in [0.29, 0.717) is 9.26 Å².